The van der Waals surface area contributed by atoms with Crippen molar-refractivity contribution in [1.29, 1.82) is 0 Å². The van der Waals surface area contributed by atoms with Crippen LogP contribution in [-0.4, -0.2) is 86.6 Å². The molecule has 2 heterocycles. The molecule has 2 N–H and O–H groups in total. The minimum absolute atomic E-state index is 0. The van der Waals surface area contributed by atoms with Gasteiger partial charge in [0.2, 0.25) is 5.91 Å². The van der Waals surface area contributed by atoms with Crippen molar-refractivity contribution < 1.29 is 4.79 Å². The summed E-state index contributed by atoms with van der Waals surface area (Å²) in [7, 11) is 1.83. The molecule has 0 aromatic heterocycles. The number of carbonyl (C=O) groups is 1. The smallest absolute Gasteiger partial charge is 0.225 e. The number of aliphatic imine (C=N–C) groups is 1. The molecule has 3 fully saturated rings. The minimum atomic E-state index is 0. The first-order valence-electron chi connectivity index (χ1n) is 12.4. The van der Waals surface area contributed by atoms with Crippen LogP contribution in [0.25, 0.3) is 0 Å². The van der Waals surface area contributed by atoms with Gasteiger partial charge in [0.15, 0.2) is 5.96 Å². The number of rotatable bonds is 6. The number of nitrogens with one attached hydrogen (secondary N) is 2. The normalized spacial score (nSPS) is 23.3. The van der Waals surface area contributed by atoms with Gasteiger partial charge in [-0.15, -0.1) is 24.0 Å². The Morgan fingerprint density at radius 1 is 1.06 bits per heavy atom. The first-order chi connectivity index (χ1) is 15.6. The Morgan fingerprint density at radius 3 is 2.42 bits per heavy atom. The zero-order valence-electron chi connectivity index (χ0n) is 20.2. The van der Waals surface area contributed by atoms with E-state index < -0.39 is 0 Å². The molecule has 8 heteroatoms. The molecule has 2 unspecified atom stereocenters. The molecule has 3 aliphatic rings. The van der Waals surface area contributed by atoms with Crippen molar-refractivity contribution in [3.8, 4) is 0 Å². The molecule has 184 valence electrons. The highest BCUT2D eigenvalue weighted by atomic mass is 127. The molecule has 0 spiro atoms. The molecular weight excluding hydrogens is 527 g/mol. The molecule has 4 rings (SSSR count). The number of anilines is 1. The number of para-hydroxylation sites is 1. The second kappa shape index (κ2) is 12.8. The molecule has 1 aromatic rings. The molecule has 7 nitrogen and oxygen atoms in total. The van der Waals surface area contributed by atoms with E-state index in [0.717, 1.165) is 71.0 Å². The molecule has 1 saturated carbocycles. The van der Waals surface area contributed by atoms with Crippen LogP contribution in [0, 0.1) is 5.92 Å². The van der Waals surface area contributed by atoms with E-state index in [9.17, 15) is 4.79 Å². The third kappa shape index (κ3) is 6.97. The average molecular weight is 569 g/mol. The van der Waals surface area contributed by atoms with Crippen LogP contribution in [0.3, 0.4) is 0 Å². The topological polar surface area (TPSA) is 63.2 Å². The number of carbonyl (C=O) groups excluding carboxylic acids is 1. The summed E-state index contributed by atoms with van der Waals surface area (Å²) < 4.78 is 0. The molecule has 0 bridgehead atoms. The van der Waals surface area contributed by atoms with Crippen LogP contribution in [-0.2, 0) is 4.79 Å². The molecular formula is C25H41IN6O. The van der Waals surface area contributed by atoms with Crippen molar-refractivity contribution in [3.63, 3.8) is 0 Å². The summed E-state index contributed by atoms with van der Waals surface area (Å²) in [4.78, 5) is 24.2. The van der Waals surface area contributed by atoms with Gasteiger partial charge in [0.25, 0.3) is 0 Å². The molecule has 0 radical (unpaired) electrons. The Hall–Kier alpha value is -1.55. The largest absolute Gasteiger partial charge is 0.369 e. The predicted molar refractivity (Wildman–Crippen MR) is 147 cm³/mol. The van der Waals surface area contributed by atoms with Crippen LogP contribution >= 0.6 is 24.0 Å². The maximum Gasteiger partial charge on any atom is 0.225 e. The summed E-state index contributed by atoms with van der Waals surface area (Å²) in [5.41, 5.74) is 1.32. The Balaban J connectivity index is 0.00000306. The standard InChI is InChI=1S/C25H40N6O.HI/c1-20(29-14-16-30(17-15-29)23-10-4-3-5-11-23)18-27-25(26-2)28-22-12-13-31(19-22)24(32)21-8-6-7-9-21;/h3-5,10-11,20-22H,6-9,12-19H2,1-2H3,(H2,26,27,28);1H. The van der Waals surface area contributed by atoms with Crippen LogP contribution in [0.1, 0.15) is 39.0 Å². The van der Waals surface area contributed by atoms with Gasteiger partial charge in [-0.25, -0.2) is 0 Å². The Morgan fingerprint density at radius 2 is 1.76 bits per heavy atom. The van der Waals surface area contributed by atoms with E-state index in [2.05, 4.69) is 67.6 Å². The second-order valence-electron chi connectivity index (χ2n) is 9.56. The van der Waals surface area contributed by atoms with E-state index in [1.54, 1.807) is 0 Å². The first kappa shape index (κ1) is 26.1. The quantitative estimate of drug-likeness (QED) is 0.314. The zero-order chi connectivity index (χ0) is 22.3. The van der Waals surface area contributed by atoms with Crippen LogP contribution < -0.4 is 15.5 Å². The van der Waals surface area contributed by atoms with E-state index >= 15 is 0 Å². The SMILES string of the molecule is CN=C(NCC(C)N1CCN(c2ccccc2)CC1)NC1CCN(C(=O)C2CCCC2)C1.I. The molecule has 2 aliphatic heterocycles. The number of nitrogens with zero attached hydrogens (tertiary/aromatic N) is 4. The number of hydrogen-bond acceptors (Lipinski definition) is 4. The molecule has 1 amide bonds. The highest BCUT2D eigenvalue weighted by molar-refractivity contribution is 14.0. The summed E-state index contributed by atoms with van der Waals surface area (Å²) in [6.07, 6.45) is 5.57. The Kier molecular flexibility index (Phi) is 10.1. The van der Waals surface area contributed by atoms with Gasteiger partial charge in [-0.05, 0) is 38.3 Å². The minimum Gasteiger partial charge on any atom is -0.369 e. The third-order valence-corrected chi connectivity index (χ3v) is 7.39. The number of benzene rings is 1. The van der Waals surface area contributed by atoms with Gasteiger partial charge < -0.3 is 20.4 Å². The number of halogens is 1. The van der Waals surface area contributed by atoms with Gasteiger partial charge >= 0.3 is 0 Å². The molecule has 2 saturated heterocycles. The van der Waals surface area contributed by atoms with Crippen molar-refractivity contribution in [2.45, 2.75) is 51.1 Å². The Bertz CT molecular complexity index is 761. The van der Waals surface area contributed by atoms with E-state index in [0.29, 0.717) is 11.9 Å². The van der Waals surface area contributed by atoms with Crippen molar-refractivity contribution in [2.24, 2.45) is 10.9 Å². The summed E-state index contributed by atoms with van der Waals surface area (Å²) in [5.74, 6) is 1.49. The Labute approximate surface area is 216 Å². The van der Waals surface area contributed by atoms with Gasteiger partial charge in [-0.2, -0.15) is 0 Å². The summed E-state index contributed by atoms with van der Waals surface area (Å²) in [6.45, 7) is 9.09. The fraction of sp³-hybridized carbons (Fsp3) is 0.680. The van der Waals surface area contributed by atoms with Crippen molar-refractivity contribution >= 4 is 41.5 Å². The lowest BCUT2D eigenvalue weighted by Gasteiger charge is -2.39. The number of hydrogen-bond donors (Lipinski definition) is 2. The van der Waals surface area contributed by atoms with Crippen molar-refractivity contribution in [3.05, 3.63) is 30.3 Å². The van der Waals surface area contributed by atoms with Gasteiger partial charge in [0.05, 0.1) is 0 Å². The first-order valence-corrected chi connectivity index (χ1v) is 12.4. The fourth-order valence-corrected chi connectivity index (χ4v) is 5.33. The molecule has 2 atom stereocenters. The van der Waals surface area contributed by atoms with Crippen LogP contribution in [0.2, 0.25) is 0 Å². The van der Waals surface area contributed by atoms with E-state index in [4.69, 9.17) is 0 Å². The second-order valence-corrected chi connectivity index (χ2v) is 9.56. The predicted octanol–water partition coefficient (Wildman–Crippen LogP) is 2.77. The van der Waals surface area contributed by atoms with Crippen molar-refractivity contribution in [2.75, 3.05) is 57.8 Å². The highest BCUT2D eigenvalue weighted by Crippen LogP contribution is 2.27. The van der Waals surface area contributed by atoms with Gasteiger partial charge in [0, 0.05) is 76.5 Å². The summed E-state index contributed by atoms with van der Waals surface area (Å²) in [6, 6.07) is 11.4. The van der Waals surface area contributed by atoms with Crippen molar-refractivity contribution in [1.82, 2.24) is 20.4 Å². The molecule has 33 heavy (non-hydrogen) atoms. The lowest BCUT2D eigenvalue weighted by atomic mass is 10.1. The fourth-order valence-electron chi connectivity index (χ4n) is 5.33. The molecule has 1 aliphatic carbocycles. The van der Waals surface area contributed by atoms with Gasteiger partial charge in [-0.3, -0.25) is 14.7 Å². The van der Waals surface area contributed by atoms with Crippen LogP contribution in [0.4, 0.5) is 5.69 Å². The van der Waals surface area contributed by atoms with Crippen LogP contribution in [0.15, 0.2) is 35.3 Å². The van der Waals surface area contributed by atoms with Crippen LogP contribution in [0.5, 0.6) is 0 Å². The third-order valence-electron chi connectivity index (χ3n) is 7.39. The van der Waals surface area contributed by atoms with E-state index in [1.165, 1.54) is 18.5 Å². The highest BCUT2D eigenvalue weighted by Gasteiger charge is 2.32. The van der Waals surface area contributed by atoms with Gasteiger partial charge in [0.1, 0.15) is 0 Å². The zero-order valence-corrected chi connectivity index (χ0v) is 22.5. The van der Waals surface area contributed by atoms with Gasteiger partial charge in [-0.1, -0.05) is 31.0 Å². The monoisotopic (exact) mass is 568 g/mol. The number of piperazine rings is 1. The average Bonchev–Trinajstić information content (AvgIpc) is 3.54. The molecule has 1 aromatic carbocycles. The lowest BCUT2D eigenvalue weighted by Crippen LogP contribution is -2.54. The summed E-state index contributed by atoms with van der Waals surface area (Å²) in [5, 5.41) is 7.06. The maximum absolute atomic E-state index is 12.7. The lowest BCUT2D eigenvalue weighted by molar-refractivity contribution is -0.134. The summed E-state index contributed by atoms with van der Waals surface area (Å²) >= 11 is 0. The number of guanidine groups is 1. The van der Waals surface area contributed by atoms with E-state index in [-0.39, 0.29) is 35.9 Å². The number of amides is 1. The van der Waals surface area contributed by atoms with E-state index in [1.807, 2.05) is 7.05 Å². The number of likely N-dealkylation sites (tertiary alicyclic amines) is 1. The maximum atomic E-state index is 12.7.